The second-order valence-electron chi connectivity index (χ2n) is 4.51. The lowest BCUT2D eigenvalue weighted by Gasteiger charge is -2.10. The lowest BCUT2D eigenvalue weighted by Crippen LogP contribution is -2.28. The third-order valence-corrected chi connectivity index (χ3v) is 2.91. The van der Waals surface area contributed by atoms with Crippen molar-refractivity contribution in [2.45, 2.75) is 54.1 Å². The van der Waals surface area contributed by atoms with Gasteiger partial charge in [0.25, 0.3) is 0 Å². The van der Waals surface area contributed by atoms with E-state index in [4.69, 9.17) is 4.65 Å². The van der Waals surface area contributed by atoms with E-state index in [1.165, 1.54) is 0 Å². The van der Waals surface area contributed by atoms with Gasteiger partial charge in [-0.2, -0.15) is 0 Å². The van der Waals surface area contributed by atoms with Gasteiger partial charge in [0.1, 0.15) is 5.78 Å². The van der Waals surface area contributed by atoms with Gasteiger partial charge in [-0.05, 0) is 36.5 Å². The number of allylic oxidation sites excluding steroid dienone is 1. The van der Waals surface area contributed by atoms with E-state index in [1.807, 2.05) is 45.9 Å². The number of ketones is 1. The van der Waals surface area contributed by atoms with E-state index in [2.05, 4.69) is 11.9 Å². The summed E-state index contributed by atoms with van der Waals surface area (Å²) < 4.78 is 5.12. The number of benzene rings is 1. The molecule has 0 amide bonds. The zero-order chi connectivity index (χ0) is 17.1. The van der Waals surface area contributed by atoms with E-state index in [1.54, 1.807) is 6.92 Å². The van der Waals surface area contributed by atoms with Gasteiger partial charge in [0.15, 0.2) is 0 Å². The molecule has 2 rings (SSSR count). The molecule has 0 fully saturated rings. The number of carbonyl (C=O) groups is 1. The molecule has 0 saturated carbocycles. The molecule has 1 aromatic rings. The maximum absolute atomic E-state index is 10.9. The molecule has 22 heavy (non-hydrogen) atoms. The normalized spacial score (nSPS) is 11.5. The number of hydrogen-bond donors (Lipinski definition) is 2. The van der Waals surface area contributed by atoms with Crippen molar-refractivity contribution in [2.24, 2.45) is 0 Å². The van der Waals surface area contributed by atoms with Gasteiger partial charge >= 0.3 is 7.12 Å². The Morgan fingerprint density at radius 2 is 1.95 bits per heavy atom. The van der Waals surface area contributed by atoms with Crippen LogP contribution >= 0.6 is 0 Å². The summed E-state index contributed by atoms with van der Waals surface area (Å²) in [6.07, 6.45) is 1.11. The second kappa shape index (κ2) is 11.0. The highest BCUT2D eigenvalue weighted by Gasteiger charge is 2.27. The summed E-state index contributed by atoms with van der Waals surface area (Å²) in [5, 5.41) is 12.7. The first-order valence-electron chi connectivity index (χ1n) is 7.93. The van der Waals surface area contributed by atoms with Crippen molar-refractivity contribution in [1.29, 1.82) is 0 Å². The SMILES string of the molecule is C=C(CCC(C)=O)Nc1ccc2c(c1)B(O)OC2.CC.CC. The summed E-state index contributed by atoms with van der Waals surface area (Å²) in [4.78, 5) is 10.9. The lowest BCUT2D eigenvalue weighted by molar-refractivity contribution is -0.116. The number of rotatable bonds is 5. The molecular weight excluding hydrogens is 277 g/mol. The monoisotopic (exact) mass is 305 g/mol. The fourth-order valence-corrected chi connectivity index (χ4v) is 1.89. The molecule has 4 nitrogen and oxygen atoms in total. The predicted molar refractivity (Wildman–Crippen MR) is 94.2 cm³/mol. The molecule has 0 aromatic heterocycles. The largest absolute Gasteiger partial charge is 0.491 e. The summed E-state index contributed by atoms with van der Waals surface area (Å²) in [5.41, 5.74) is 3.44. The first-order valence-corrected chi connectivity index (χ1v) is 7.93. The fraction of sp³-hybridized carbons (Fsp3) is 0.471. The van der Waals surface area contributed by atoms with Crippen molar-refractivity contribution in [3.8, 4) is 0 Å². The molecular formula is C17H28BNO3. The Labute approximate surface area is 134 Å². The van der Waals surface area contributed by atoms with E-state index in [0.29, 0.717) is 19.4 Å². The van der Waals surface area contributed by atoms with Crippen molar-refractivity contribution < 1.29 is 14.5 Å². The molecule has 1 heterocycles. The quantitative estimate of drug-likeness (QED) is 0.820. The smallest absolute Gasteiger partial charge is 0.423 e. The molecule has 1 aliphatic rings. The third-order valence-electron chi connectivity index (χ3n) is 2.91. The minimum absolute atomic E-state index is 0.149. The van der Waals surface area contributed by atoms with E-state index in [0.717, 1.165) is 22.4 Å². The summed E-state index contributed by atoms with van der Waals surface area (Å²) in [6, 6.07) is 5.69. The molecule has 0 spiro atoms. The van der Waals surface area contributed by atoms with Crippen LogP contribution in [-0.2, 0) is 16.1 Å². The van der Waals surface area contributed by atoms with Gasteiger partial charge in [0.05, 0.1) is 6.61 Å². The van der Waals surface area contributed by atoms with Crippen LogP contribution < -0.4 is 10.8 Å². The van der Waals surface area contributed by atoms with E-state index in [9.17, 15) is 9.82 Å². The molecule has 0 saturated heterocycles. The molecule has 0 atom stereocenters. The van der Waals surface area contributed by atoms with Crippen molar-refractivity contribution >= 4 is 24.1 Å². The number of anilines is 1. The van der Waals surface area contributed by atoms with Gasteiger partial charge in [-0.15, -0.1) is 0 Å². The van der Waals surface area contributed by atoms with Gasteiger partial charge in [-0.3, -0.25) is 0 Å². The number of nitrogens with one attached hydrogen (secondary N) is 1. The minimum Gasteiger partial charge on any atom is -0.423 e. The van der Waals surface area contributed by atoms with Crippen LogP contribution in [0.15, 0.2) is 30.5 Å². The van der Waals surface area contributed by atoms with Gasteiger partial charge < -0.3 is 19.8 Å². The average molecular weight is 305 g/mol. The van der Waals surface area contributed by atoms with Crippen LogP contribution in [-0.4, -0.2) is 17.9 Å². The van der Waals surface area contributed by atoms with Crippen molar-refractivity contribution in [1.82, 2.24) is 0 Å². The van der Waals surface area contributed by atoms with Gasteiger partial charge in [-0.25, -0.2) is 0 Å². The summed E-state index contributed by atoms with van der Waals surface area (Å²) in [7, 11) is -0.841. The number of fused-ring (bicyclic) bond motifs is 1. The molecule has 0 unspecified atom stereocenters. The molecule has 1 aliphatic heterocycles. The molecule has 122 valence electrons. The molecule has 1 aromatic carbocycles. The molecule has 0 radical (unpaired) electrons. The number of Topliss-reactive ketones (excluding diaryl/α,β-unsaturated/α-hetero) is 1. The Kier molecular flexibility index (Phi) is 10.2. The molecule has 2 N–H and O–H groups in total. The van der Waals surface area contributed by atoms with Crippen molar-refractivity contribution in [3.63, 3.8) is 0 Å². The first kappa shape index (κ1) is 20.4. The maximum atomic E-state index is 10.9. The Morgan fingerprint density at radius 1 is 1.32 bits per heavy atom. The van der Waals surface area contributed by atoms with Gasteiger partial charge in [-0.1, -0.05) is 40.3 Å². The van der Waals surface area contributed by atoms with Gasteiger partial charge in [0, 0.05) is 17.8 Å². The van der Waals surface area contributed by atoms with Crippen LogP contribution in [0.5, 0.6) is 0 Å². The maximum Gasteiger partial charge on any atom is 0.491 e. The molecule has 5 heteroatoms. The Balaban J connectivity index is 0.00000102. The fourth-order valence-electron chi connectivity index (χ4n) is 1.89. The standard InChI is InChI=1S/C13H16BNO3.2C2H6/c1-9(3-4-10(2)16)15-12-6-5-11-8-18-14(17)13(11)7-12;2*1-2/h5-7,15,17H,1,3-4,8H2,2H3;2*1-2H3. The molecule has 0 bridgehead atoms. The molecule has 0 aliphatic carbocycles. The van der Waals surface area contributed by atoms with Crippen molar-refractivity contribution in [2.75, 3.05) is 5.32 Å². The van der Waals surface area contributed by atoms with Crippen LogP contribution in [0, 0.1) is 0 Å². The van der Waals surface area contributed by atoms with Crippen LogP contribution in [0.25, 0.3) is 0 Å². The average Bonchev–Trinajstić information content (AvgIpc) is 2.90. The third kappa shape index (κ3) is 6.45. The van der Waals surface area contributed by atoms with Crippen LogP contribution in [0.4, 0.5) is 5.69 Å². The first-order chi connectivity index (χ1) is 10.6. The Bertz CT molecular complexity index is 489. The predicted octanol–water partition coefficient (Wildman–Crippen LogP) is 3.25. The zero-order valence-electron chi connectivity index (χ0n) is 14.4. The van der Waals surface area contributed by atoms with Crippen LogP contribution in [0.3, 0.4) is 0 Å². The van der Waals surface area contributed by atoms with Crippen molar-refractivity contribution in [3.05, 3.63) is 36.0 Å². The Hall–Kier alpha value is -1.59. The van der Waals surface area contributed by atoms with Gasteiger partial charge in [0.2, 0.25) is 0 Å². The Morgan fingerprint density at radius 3 is 2.55 bits per heavy atom. The topological polar surface area (TPSA) is 58.6 Å². The second-order valence-corrected chi connectivity index (χ2v) is 4.51. The van der Waals surface area contributed by atoms with Crippen LogP contribution in [0.1, 0.15) is 53.0 Å². The van der Waals surface area contributed by atoms with E-state index < -0.39 is 7.12 Å². The van der Waals surface area contributed by atoms with E-state index in [-0.39, 0.29) is 5.78 Å². The number of hydrogen-bond acceptors (Lipinski definition) is 4. The minimum atomic E-state index is -0.841. The lowest BCUT2D eigenvalue weighted by atomic mass is 9.79. The van der Waals surface area contributed by atoms with E-state index >= 15 is 0 Å². The summed E-state index contributed by atoms with van der Waals surface area (Å²) in [6.45, 7) is 13.9. The highest BCUT2D eigenvalue weighted by molar-refractivity contribution is 6.61. The van der Waals surface area contributed by atoms with Crippen LogP contribution in [0.2, 0.25) is 0 Å². The zero-order valence-corrected chi connectivity index (χ0v) is 14.4. The summed E-state index contributed by atoms with van der Waals surface area (Å²) in [5.74, 6) is 0.149. The highest BCUT2D eigenvalue weighted by Crippen LogP contribution is 2.16. The summed E-state index contributed by atoms with van der Waals surface area (Å²) >= 11 is 0. The number of carbonyl (C=O) groups excluding carboxylic acids is 1. The highest BCUT2D eigenvalue weighted by atomic mass is 16.5.